The number of primary amides is 1. The number of benzene rings is 2. The molecule has 0 saturated carbocycles. The molecule has 10 heteroatoms. The predicted octanol–water partition coefficient (Wildman–Crippen LogP) is 2.42. The lowest BCUT2D eigenvalue weighted by Crippen LogP contribution is -2.55. The molecule has 2 atom stereocenters. The second kappa shape index (κ2) is 14.1. The number of nitrogens with one attached hydrogen (secondary N) is 3. The number of amides is 4. The van der Waals surface area contributed by atoms with Gasteiger partial charge in [-0.3, -0.25) is 14.4 Å². The van der Waals surface area contributed by atoms with Gasteiger partial charge >= 0.3 is 6.09 Å². The molecule has 0 aliphatic heterocycles. The van der Waals surface area contributed by atoms with Crippen molar-refractivity contribution < 1.29 is 23.9 Å². The van der Waals surface area contributed by atoms with Gasteiger partial charge in [0.05, 0.1) is 0 Å². The van der Waals surface area contributed by atoms with Crippen LogP contribution in [0.25, 0.3) is 0 Å². The number of ether oxygens (including phenoxy) is 1. The second-order valence-electron chi connectivity index (χ2n) is 8.42. The van der Waals surface area contributed by atoms with Crippen molar-refractivity contribution >= 4 is 39.7 Å². The van der Waals surface area contributed by atoms with Crippen LogP contribution >= 0.6 is 15.9 Å². The number of rotatable bonds is 12. The van der Waals surface area contributed by atoms with Gasteiger partial charge in [-0.15, -0.1) is 0 Å². The van der Waals surface area contributed by atoms with Crippen molar-refractivity contribution in [1.29, 1.82) is 0 Å². The van der Waals surface area contributed by atoms with Gasteiger partial charge in [-0.2, -0.15) is 0 Å². The van der Waals surface area contributed by atoms with Crippen LogP contribution in [0.5, 0.6) is 0 Å². The summed E-state index contributed by atoms with van der Waals surface area (Å²) in [5, 5.41) is 7.63. The van der Waals surface area contributed by atoms with Gasteiger partial charge in [0.2, 0.25) is 17.7 Å². The van der Waals surface area contributed by atoms with Crippen LogP contribution in [0.15, 0.2) is 59.1 Å². The van der Waals surface area contributed by atoms with Gasteiger partial charge in [-0.25, -0.2) is 4.79 Å². The van der Waals surface area contributed by atoms with Crippen molar-refractivity contribution in [3.05, 3.63) is 70.2 Å². The van der Waals surface area contributed by atoms with Crippen LogP contribution in [0, 0.1) is 5.92 Å². The third-order valence-electron chi connectivity index (χ3n) is 5.01. The van der Waals surface area contributed by atoms with Crippen molar-refractivity contribution in [2.24, 2.45) is 11.7 Å². The van der Waals surface area contributed by atoms with Crippen LogP contribution in [-0.2, 0) is 32.1 Å². The molecule has 2 aromatic carbocycles. The minimum Gasteiger partial charge on any atom is -0.445 e. The minimum atomic E-state index is -1.00. The Hall–Kier alpha value is -3.40. The van der Waals surface area contributed by atoms with Crippen LogP contribution < -0.4 is 21.7 Å². The maximum absolute atomic E-state index is 13.0. The monoisotopic (exact) mass is 546 g/mol. The summed E-state index contributed by atoms with van der Waals surface area (Å²) in [5.74, 6) is -1.67. The maximum Gasteiger partial charge on any atom is 0.407 e. The highest BCUT2D eigenvalue weighted by molar-refractivity contribution is 9.10. The van der Waals surface area contributed by atoms with Crippen LogP contribution in [0.1, 0.15) is 31.4 Å². The molecule has 0 saturated heterocycles. The van der Waals surface area contributed by atoms with Crippen molar-refractivity contribution in [1.82, 2.24) is 16.0 Å². The summed E-state index contributed by atoms with van der Waals surface area (Å²) in [6.07, 6.45) is -0.238. The standard InChI is InChI=1S/C25H31BrN4O5/c1-16(2)12-20(23(27)32)30-24(33)21(13-18-10-6-7-11-19(18)26)29-22(31)14-28-25(34)35-15-17-8-4-3-5-9-17/h3-11,16,20-21H,12-15H2,1-2H3,(H2,27,32)(H,28,34)(H,29,31)(H,30,33)/t20-,21+/m0/s1. The normalized spacial score (nSPS) is 12.3. The Labute approximate surface area is 213 Å². The zero-order chi connectivity index (χ0) is 25.8. The Kier molecular flexibility index (Phi) is 11.2. The summed E-state index contributed by atoms with van der Waals surface area (Å²) >= 11 is 3.44. The van der Waals surface area contributed by atoms with Crippen molar-refractivity contribution in [2.75, 3.05) is 6.54 Å². The highest BCUT2D eigenvalue weighted by Crippen LogP contribution is 2.18. The third-order valence-corrected chi connectivity index (χ3v) is 5.78. The number of nitrogens with two attached hydrogens (primary N) is 1. The first kappa shape index (κ1) is 27.8. The Bertz CT molecular complexity index is 1020. The lowest BCUT2D eigenvalue weighted by molar-refractivity contribution is -0.131. The van der Waals surface area contributed by atoms with Gasteiger partial charge in [0.1, 0.15) is 25.2 Å². The molecule has 0 heterocycles. The smallest absolute Gasteiger partial charge is 0.407 e. The second-order valence-corrected chi connectivity index (χ2v) is 9.28. The van der Waals surface area contributed by atoms with E-state index in [-0.39, 0.29) is 18.9 Å². The highest BCUT2D eigenvalue weighted by atomic mass is 79.9. The molecule has 0 aliphatic rings. The van der Waals surface area contributed by atoms with E-state index >= 15 is 0 Å². The van der Waals surface area contributed by atoms with E-state index in [9.17, 15) is 19.2 Å². The number of hydrogen-bond donors (Lipinski definition) is 4. The molecule has 0 aromatic heterocycles. The average molecular weight is 547 g/mol. The number of halogens is 1. The summed E-state index contributed by atoms with van der Waals surface area (Å²) < 4.78 is 5.86. The lowest BCUT2D eigenvalue weighted by Gasteiger charge is -2.23. The van der Waals surface area contributed by atoms with E-state index in [4.69, 9.17) is 10.5 Å². The van der Waals surface area contributed by atoms with Crippen molar-refractivity contribution in [3.8, 4) is 0 Å². The summed E-state index contributed by atoms with van der Waals surface area (Å²) in [6, 6.07) is 14.5. The Morgan fingerprint density at radius 1 is 0.943 bits per heavy atom. The van der Waals surface area contributed by atoms with Crippen LogP contribution in [0.2, 0.25) is 0 Å². The molecule has 0 unspecified atom stereocenters. The maximum atomic E-state index is 13.0. The van der Waals surface area contributed by atoms with E-state index in [2.05, 4.69) is 31.9 Å². The summed E-state index contributed by atoms with van der Waals surface area (Å²) in [5.41, 5.74) is 7.04. The number of alkyl carbamates (subject to hydrolysis) is 1. The van der Waals surface area contributed by atoms with Gasteiger partial charge in [0.15, 0.2) is 0 Å². The highest BCUT2D eigenvalue weighted by Gasteiger charge is 2.27. The summed E-state index contributed by atoms with van der Waals surface area (Å²) in [7, 11) is 0. The van der Waals surface area contributed by atoms with E-state index in [1.165, 1.54) is 0 Å². The average Bonchev–Trinajstić information content (AvgIpc) is 2.82. The molecule has 35 heavy (non-hydrogen) atoms. The van der Waals surface area contributed by atoms with Crippen LogP contribution in [0.4, 0.5) is 4.79 Å². The molecule has 4 amide bonds. The fourth-order valence-corrected chi connectivity index (χ4v) is 3.70. The zero-order valence-corrected chi connectivity index (χ0v) is 21.3. The lowest BCUT2D eigenvalue weighted by atomic mass is 10.0. The fourth-order valence-electron chi connectivity index (χ4n) is 3.26. The molecule has 0 spiro atoms. The van der Waals surface area contributed by atoms with E-state index in [1.807, 2.05) is 68.4 Å². The van der Waals surface area contributed by atoms with E-state index in [0.29, 0.717) is 6.42 Å². The molecule has 0 fully saturated rings. The molecule has 2 rings (SSSR count). The number of hydrogen-bond acceptors (Lipinski definition) is 5. The van der Waals surface area contributed by atoms with Crippen molar-refractivity contribution in [3.63, 3.8) is 0 Å². The molecular weight excluding hydrogens is 516 g/mol. The summed E-state index contributed by atoms with van der Waals surface area (Å²) in [6.45, 7) is 3.49. The first-order valence-corrected chi connectivity index (χ1v) is 12.0. The van der Waals surface area contributed by atoms with Crippen LogP contribution in [0.3, 0.4) is 0 Å². The van der Waals surface area contributed by atoms with Gasteiger partial charge in [-0.1, -0.05) is 78.3 Å². The third kappa shape index (κ3) is 10.2. The largest absolute Gasteiger partial charge is 0.445 e. The van der Waals surface area contributed by atoms with E-state index in [1.54, 1.807) is 0 Å². The Balaban J connectivity index is 2.00. The van der Waals surface area contributed by atoms with Gasteiger partial charge < -0.3 is 26.4 Å². The SMILES string of the molecule is CC(C)C[C@H](NC(=O)[C@@H](Cc1ccccc1Br)NC(=O)CNC(=O)OCc1ccccc1)C(N)=O. The number of carbonyl (C=O) groups is 4. The fraction of sp³-hybridized carbons (Fsp3) is 0.360. The van der Waals surface area contributed by atoms with Gasteiger partial charge in [-0.05, 0) is 29.5 Å². The molecule has 2 aromatic rings. The molecule has 188 valence electrons. The topological polar surface area (TPSA) is 140 Å². The molecular formula is C25H31BrN4O5. The molecule has 5 N–H and O–H groups in total. The summed E-state index contributed by atoms with van der Waals surface area (Å²) in [4.78, 5) is 49.3. The van der Waals surface area contributed by atoms with E-state index < -0.39 is 42.4 Å². The van der Waals surface area contributed by atoms with Gasteiger partial charge in [0.25, 0.3) is 0 Å². The van der Waals surface area contributed by atoms with Gasteiger partial charge in [0, 0.05) is 10.9 Å². The molecule has 0 bridgehead atoms. The molecule has 0 aliphatic carbocycles. The van der Waals surface area contributed by atoms with Crippen LogP contribution in [-0.4, -0.2) is 42.4 Å². The number of carbonyl (C=O) groups excluding carboxylic acids is 4. The van der Waals surface area contributed by atoms with Crippen molar-refractivity contribution in [2.45, 2.75) is 45.4 Å². The molecule has 9 nitrogen and oxygen atoms in total. The quantitative estimate of drug-likeness (QED) is 0.323. The first-order valence-electron chi connectivity index (χ1n) is 11.2. The Morgan fingerprint density at radius 2 is 1.60 bits per heavy atom. The first-order chi connectivity index (χ1) is 16.7. The Morgan fingerprint density at radius 3 is 2.23 bits per heavy atom. The predicted molar refractivity (Wildman–Crippen MR) is 135 cm³/mol. The molecule has 0 radical (unpaired) electrons. The zero-order valence-electron chi connectivity index (χ0n) is 19.8. The minimum absolute atomic E-state index is 0.0612. The van der Waals surface area contributed by atoms with E-state index in [0.717, 1.165) is 15.6 Å².